The van der Waals surface area contributed by atoms with Gasteiger partial charge in [-0.3, -0.25) is 0 Å². The summed E-state index contributed by atoms with van der Waals surface area (Å²) in [4.78, 5) is 4.16. The maximum atomic E-state index is 8.91. The number of hydrogen-bond donors (Lipinski definition) is 2. The minimum Gasteiger partial charge on any atom is -0.490 e. The molecule has 0 saturated heterocycles. The Hall–Kier alpha value is -1.81. The van der Waals surface area contributed by atoms with Crippen molar-refractivity contribution in [3.63, 3.8) is 0 Å². The summed E-state index contributed by atoms with van der Waals surface area (Å²) < 4.78 is 6.12. The van der Waals surface area contributed by atoms with Gasteiger partial charge < -0.3 is 15.6 Å². The van der Waals surface area contributed by atoms with Crippen molar-refractivity contribution in [3.05, 3.63) is 30.0 Å². The molecule has 0 atom stereocenters. The number of aromatic nitrogens is 1. The summed E-state index contributed by atoms with van der Waals surface area (Å²) in [6, 6.07) is 6.05. The van der Waals surface area contributed by atoms with Gasteiger partial charge in [-0.15, -0.1) is 0 Å². The second kappa shape index (κ2) is 8.52. The number of hydrogen-bond acceptors (Lipinski definition) is 4. The molecule has 1 aromatic heterocycles. The highest BCUT2D eigenvalue weighted by atomic mass is 16.5. The molecule has 0 amide bonds. The molecule has 0 spiro atoms. The van der Waals surface area contributed by atoms with Gasteiger partial charge in [0.25, 0.3) is 0 Å². The van der Waals surface area contributed by atoms with Gasteiger partial charge in [0.1, 0.15) is 11.6 Å². The first kappa shape index (κ1) is 18.0. The lowest BCUT2D eigenvalue weighted by Gasteiger charge is -2.16. The monoisotopic (exact) mass is 342 g/mol. The number of nitrogens with two attached hydrogens (primary N) is 1. The Balaban J connectivity index is 0.000000219. The van der Waals surface area contributed by atoms with E-state index in [2.05, 4.69) is 24.0 Å². The van der Waals surface area contributed by atoms with E-state index in [4.69, 9.17) is 15.6 Å². The quantitative estimate of drug-likeness (QED) is 0.826. The van der Waals surface area contributed by atoms with Crippen molar-refractivity contribution < 1.29 is 9.84 Å². The zero-order valence-corrected chi connectivity index (χ0v) is 15.2. The Morgan fingerprint density at radius 1 is 1.00 bits per heavy atom. The molecule has 0 unspecified atom stereocenters. The number of ether oxygens (including phenoxy) is 1. The Morgan fingerprint density at radius 3 is 2.32 bits per heavy atom. The third-order valence-electron chi connectivity index (χ3n) is 5.27. The van der Waals surface area contributed by atoms with Crippen LogP contribution < -0.4 is 10.5 Å². The van der Waals surface area contributed by atoms with E-state index in [1.165, 1.54) is 37.7 Å². The molecule has 4 rings (SSSR count). The first-order valence-corrected chi connectivity index (χ1v) is 9.63. The first-order chi connectivity index (χ1) is 12.1. The number of nitrogen functional groups attached to an aromatic ring is 1. The fourth-order valence-electron chi connectivity index (χ4n) is 3.74. The molecule has 1 aromatic carbocycles. The van der Waals surface area contributed by atoms with Crippen LogP contribution in [0, 0.1) is 6.92 Å². The van der Waals surface area contributed by atoms with Crippen LogP contribution in [0.2, 0.25) is 0 Å². The molecule has 2 aromatic rings. The van der Waals surface area contributed by atoms with Gasteiger partial charge >= 0.3 is 0 Å². The second-order valence-electron chi connectivity index (χ2n) is 7.35. The predicted octanol–water partition coefficient (Wildman–Crippen LogP) is 4.76. The second-order valence-corrected chi connectivity index (χ2v) is 7.35. The average Bonchev–Trinajstić information content (AvgIpc) is 3.12. The summed E-state index contributed by atoms with van der Waals surface area (Å²) in [5.41, 5.74) is 6.99. The summed E-state index contributed by atoms with van der Waals surface area (Å²) in [6.45, 7) is 2.08. The standard InChI is InChI=1S/C15H18N2O.C6H12O/c1-10-6-7-14(18-11-4-2-3-5-11)12-8-15(16)17-9-13(10)12;7-6-4-2-1-3-5-6/h6-9,11H,2-5H2,1H3,(H2,16,17);6-7H,1-5H2. The number of aryl methyl sites for hydroxylation is 1. The van der Waals surface area contributed by atoms with Crippen LogP contribution in [0.5, 0.6) is 5.75 Å². The van der Waals surface area contributed by atoms with Crippen LogP contribution in [-0.4, -0.2) is 22.3 Å². The van der Waals surface area contributed by atoms with Crippen LogP contribution in [0.25, 0.3) is 10.8 Å². The lowest BCUT2D eigenvalue weighted by Crippen LogP contribution is -2.11. The van der Waals surface area contributed by atoms with Crippen LogP contribution >= 0.6 is 0 Å². The fraction of sp³-hybridized carbons (Fsp3) is 0.571. The number of fused-ring (bicyclic) bond motifs is 1. The Morgan fingerprint density at radius 2 is 1.68 bits per heavy atom. The van der Waals surface area contributed by atoms with Crippen LogP contribution in [0.15, 0.2) is 24.4 Å². The van der Waals surface area contributed by atoms with Crippen molar-refractivity contribution in [2.75, 3.05) is 5.73 Å². The third-order valence-corrected chi connectivity index (χ3v) is 5.27. The number of aliphatic hydroxyl groups excluding tert-OH is 1. The highest BCUT2D eigenvalue weighted by Crippen LogP contribution is 2.32. The number of anilines is 1. The van der Waals surface area contributed by atoms with Gasteiger partial charge in [0.05, 0.1) is 12.2 Å². The van der Waals surface area contributed by atoms with Crippen LogP contribution in [0.4, 0.5) is 5.82 Å². The van der Waals surface area contributed by atoms with Crippen molar-refractivity contribution in [2.24, 2.45) is 0 Å². The molecule has 0 radical (unpaired) electrons. The summed E-state index contributed by atoms with van der Waals surface area (Å²) in [7, 11) is 0. The number of nitrogens with zero attached hydrogens (tertiary/aromatic N) is 1. The maximum absolute atomic E-state index is 8.91. The smallest absolute Gasteiger partial charge is 0.127 e. The van der Waals surface area contributed by atoms with E-state index in [9.17, 15) is 0 Å². The van der Waals surface area contributed by atoms with Crippen molar-refractivity contribution in [3.8, 4) is 5.75 Å². The zero-order valence-electron chi connectivity index (χ0n) is 15.2. The molecule has 3 N–H and O–H groups in total. The molecule has 4 nitrogen and oxygen atoms in total. The van der Waals surface area contributed by atoms with E-state index in [-0.39, 0.29) is 6.10 Å². The van der Waals surface area contributed by atoms with Gasteiger partial charge in [0, 0.05) is 17.0 Å². The molecule has 0 aliphatic heterocycles. The van der Waals surface area contributed by atoms with Gasteiger partial charge in [-0.05, 0) is 63.1 Å². The topological polar surface area (TPSA) is 68.4 Å². The number of aliphatic hydroxyl groups is 1. The van der Waals surface area contributed by atoms with Crippen molar-refractivity contribution in [1.82, 2.24) is 4.98 Å². The molecule has 2 aliphatic rings. The van der Waals surface area contributed by atoms with Crippen molar-refractivity contribution in [2.45, 2.75) is 76.9 Å². The molecule has 2 aliphatic carbocycles. The van der Waals surface area contributed by atoms with Crippen molar-refractivity contribution in [1.29, 1.82) is 0 Å². The number of benzene rings is 1. The third kappa shape index (κ3) is 4.85. The molecular weight excluding hydrogens is 312 g/mol. The predicted molar refractivity (Wildman–Crippen MR) is 103 cm³/mol. The van der Waals surface area contributed by atoms with E-state index in [1.807, 2.05) is 12.3 Å². The summed E-state index contributed by atoms with van der Waals surface area (Å²) in [5.74, 6) is 1.49. The van der Waals surface area contributed by atoms with Gasteiger partial charge in [-0.25, -0.2) is 4.98 Å². The maximum Gasteiger partial charge on any atom is 0.127 e. The minimum absolute atomic E-state index is 0.0359. The summed E-state index contributed by atoms with van der Waals surface area (Å²) in [5, 5.41) is 11.1. The van der Waals surface area contributed by atoms with Gasteiger partial charge in [-0.1, -0.05) is 25.3 Å². The van der Waals surface area contributed by atoms with E-state index < -0.39 is 0 Å². The Bertz CT molecular complexity index is 690. The highest BCUT2D eigenvalue weighted by Gasteiger charge is 2.18. The molecular formula is C21H30N2O2. The molecule has 2 fully saturated rings. The van der Waals surface area contributed by atoms with E-state index in [1.54, 1.807) is 0 Å². The van der Waals surface area contributed by atoms with Gasteiger partial charge in [0.2, 0.25) is 0 Å². The normalized spacial score (nSPS) is 18.8. The van der Waals surface area contributed by atoms with Crippen LogP contribution in [0.3, 0.4) is 0 Å². The van der Waals surface area contributed by atoms with Crippen LogP contribution in [0.1, 0.15) is 63.4 Å². The zero-order chi connectivity index (χ0) is 17.6. The summed E-state index contributed by atoms with van der Waals surface area (Å²) in [6.07, 6.45) is 13.0. The molecule has 25 heavy (non-hydrogen) atoms. The number of pyridine rings is 1. The highest BCUT2D eigenvalue weighted by molar-refractivity contribution is 5.91. The fourth-order valence-corrected chi connectivity index (χ4v) is 3.74. The van der Waals surface area contributed by atoms with Crippen LogP contribution in [-0.2, 0) is 0 Å². The number of rotatable bonds is 2. The average molecular weight is 342 g/mol. The lowest BCUT2D eigenvalue weighted by atomic mass is 9.98. The SMILES string of the molecule is Cc1ccc(OC2CCCC2)c2cc(N)ncc12.OC1CCCCC1. The van der Waals surface area contributed by atoms with Crippen molar-refractivity contribution >= 4 is 16.6 Å². The lowest BCUT2D eigenvalue weighted by molar-refractivity contribution is 0.130. The molecule has 136 valence electrons. The van der Waals surface area contributed by atoms with E-state index >= 15 is 0 Å². The molecule has 1 heterocycles. The Labute approximate surface area is 150 Å². The van der Waals surface area contributed by atoms with E-state index in [0.717, 1.165) is 42.2 Å². The molecule has 4 heteroatoms. The summed E-state index contributed by atoms with van der Waals surface area (Å²) >= 11 is 0. The minimum atomic E-state index is 0.0359. The van der Waals surface area contributed by atoms with Gasteiger partial charge in [0.15, 0.2) is 0 Å². The Kier molecular flexibility index (Phi) is 6.14. The molecule has 2 saturated carbocycles. The first-order valence-electron chi connectivity index (χ1n) is 9.63. The van der Waals surface area contributed by atoms with Gasteiger partial charge in [-0.2, -0.15) is 0 Å². The molecule has 0 bridgehead atoms. The largest absolute Gasteiger partial charge is 0.490 e. The van der Waals surface area contributed by atoms with E-state index in [0.29, 0.717) is 11.9 Å².